The van der Waals surface area contributed by atoms with Gasteiger partial charge >= 0.3 is 0 Å². The molecule has 0 spiro atoms. The third-order valence-corrected chi connectivity index (χ3v) is 3.63. The monoisotopic (exact) mass is 238 g/mol. The summed E-state index contributed by atoms with van der Waals surface area (Å²) in [5.74, 6) is 0.649. The first kappa shape index (κ1) is 11.9. The number of likely N-dealkylation sites (tertiary alicyclic amines) is 1. The minimum absolute atomic E-state index is 0.313. The molecule has 0 saturated carbocycles. The van der Waals surface area contributed by atoms with Crippen molar-refractivity contribution in [3.05, 3.63) is 34.9 Å². The molecule has 88 valence electrons. The summed E-state index contributed by atoms with van der Waals surface area (Å²) in [6.45, 7) is 5.33. The Morgan fingerprint density at radius 1 is 1.50 bits per heavy atom. The number of rotatable bonds is 2. The summed E-state index contributed by atoms with van der Waals surface area (Å²) in [6, 6.07) is 8.38. The summed E-state index contributed by atoms with van der Waals surface area (Å²) >= 11 is 5.97. The SMILES string of the molecule is CC1CCN(Cc2cccc(Cl)c2)CC1N. The summed E-state index contributed by atoms with van der Waals surface area (Å²) < 4.78 is 0. The fraction of sp³-hybridized carbons (Fsp3) is 0.538. The van der Waals surface area contributed by atoms with Gasteiger partial charge in [0.25, 0.3) is 0 Å². The van der Waals surface area contributed by atoms with Crippen LogP contribution >= 0.6 is 11.6 Å². The van der Waals surface area contributed by atoms with E-state index in [0.29, 0.717) is 12.0 Å². The predicted molar refractivity (Wildman–Crippen MR) is 68.5 cm³/mol. The summed E-state index contributed by atoms with van der Waals surface area (Å²) in [6.07, 6.45) is 1.20. The van der Waals surface area contributed by atoms with Crippen LogP contribution in [0.5, 0.6) is 0 Å². The highest BCUT2D eigenvalue weighted by molar-refractivity contribution is 6.30. The Kier molecular flexibility index (Phi) is 3.85. The Bertz CT molecular complexity index is 354. The van der Waals surface area contributed by atoms with E-state index >= 15 is 0 Å². The number of benzene rings is 1. The van der Waals surface area contributed by atoms with Crippen LogP contribution in [0.25, 0.3) is 0 Å². The van der Waals surface area contributed by atoms with Gasteiger partial charge in [0, 0.05) is 24.2 Å². The molecule has 2 rings (SSSR count). The molecule has 1 aromatic rings. The van der Waals surface area contributed by atoms with Crippen molar-refractivity contribution in [2.24, 2.45) is 11.7 Å². The Hall–Kier alpha value is -0.570. The highest BCUT2D eigenvalue weighted by Gasteiger charge is 2.22. The van der Waals surface area contributed by atoms with Crippen LogP contribution in [-0.2, 0) is 6.54 Å². The molecule has 1 aliphatic heterocycles. The molecule has 1 aliphatic rings. The van der Waals surface area contributed by atoms with Crippen molar-refractivity contribution in [2.75, 3.05) is 13.1 Å². The van der Waals surface area contributed by atoms with Gasteiger partial charge in [0.1, 0.15) is 0 Å². The quantitative estimate of drug-likeness (QED) is 0.858. The molecule has 3 heteroatoms. The Labute approximate surface area is 102 Å². The van der Waals surface area contributed by atoms with Crippen molar-refractivity contribution in [1.82, 2.24) is 4.90 Å². The fourth-order valence-electron chi connectivity index (χ4n) is 2.21. The van der Waals surface area contributed by atoms with Gasteiger partial charge in [-0.05, 0) is 36.6 Å². The van der Waals surface area contributed by atoms with Gasteiger partial charge in [0.05, 0.1) is 0 Å². The van der Waals surface area contributed by atoms with Gasteiger partial charge in [0.2, 0.25) is 0 Å². The zero-order valence-corrected chi connectivity index (χ0v) is 10.5. The van der Waals surface area contributed by atoms with Crippen LogP contribution in [0, 0.1) is 5.92 Å². The molecule has 0 aliphatic carbocycles. The lowest BCUT2D eigenvalue weighted by molar-refractivity contribution is 0.162. The molecule has 1 fully saturated rings. The molecule has 0 amide bonds. The van der Waals surface area contributed by atoms with Crippen LogP contribution in [0.15, 0.2) is 24.3 Å². The average molecular weight is 239 g/mol. The standard InChI is InChI=1S/C13H19ClN2/c1-10-5-6-16(9-13(10)15)8-11-3-2-4-12(14)7-11/h2-4,7,10,13H,5-6,8-9,15H2,1H3. The number of piperidine rings is 1. The smallest absolute Gasteiger partial charge is 0.0409 e. The maximum Gasteiger partial charge on any atom is 0.0409 e. The summed E-state index contributed by atoms with van der Waals surface area (Å²) in [5.41, 5.74) is 7.36. The van der Waals surface area contributed by atoms with Crippen LogP contribution in [-0.4, -0.2) is 24.0 Å². The highest BCUT2D eigenvalue weighted by Crippen LogP contribution is 2.18. The van der Waals surface area contributed by atoms with E-state index in [1.165, 1.54) is 12.0 Å². The third kappa shape index (κ3) is 2.97. The fourth-order valence-corrected chi connectivity index (χ4v) is 2.42. The molecular formula is C13H19ClN2. The average Bonchev–Trinajstić information content (AvgIpc) is 2.24. The molecule has 1 saturated heterocycles. The molecule has 2 unspecified atom stereocenters. The second kappa shape index (κ2) is 5.17. The first-order valence-corrected chi connectivity index (χ1v) is 6.25. The first-order chi connectivity index (χ1) is 7.65. The highest BCUT2D eigenvalue weighted by atomic mass is 35.5. The van der Waals surface area contributed by atoms with Crippen molar-refractivity contribution in [1.29, 1.82) is 0 Å². The van der Waals surface area contributed by atoms with E-state index in [4.69, 9.17) is 17.3 Å². The van der Waals surface area contributed by atoms with E-state index in [2.05, 4.69) is 17.9 Å². The van der Waals surface area contributed by atoms with Gasteiger partial charge in [-0.2, -0.15) is 0 Å². The van der Waals surface area contributed by atoms with Gasteiger partial charge in [-0.3, -0.25) is 4.90 Å². The summed E-state index contributed by atoms with van der Waals surface area (Å²) in [7, 11) is 0. The Balaban J connectivity index is 1.95. The molecular weight excluding hydrogens is 220 g/mol. The lowest BCUT2D eigenvalue weighted by Crippen LogP contribution is -2.47. The Morgan fingerprint density at radius 2 is 2.31 bits per heavy atom. The molecule has 0 aromatic heterocycles. The minimum Gasteiger partial charge on any atom is -0.326 e. The van der Waals surface area contributed by atoms with Crippen LogP contribution in [0.1, 0.15) is 18.9 Å². The number of halogens is 1. The number of hydrogen-bond donors (Lipinski definition) is 1. The summed E-state index contributed by atoms with van der Waals surface area (Å²) in [5, 5.41) is 0.812. The lowest BCUT2D eigenvalue weighted by Gasteiger charge is -2.35. The molecule has 1 heterocycles. The maximum atomic E-state index is 6.08. The number of hydrogen-bond acceptors (Lipinski definition) is 2. The van der Waals surface area contributed by atoms with Crippen LogP contribution in [0.3, 0.4) is 0 Å². The molecule has 0 radical (unpaired) electrons. The Morgan fingerprint density at radius 3 is 3.00 bits per heavy atom. The normalized spacial score (nSPS) is 26.9. The zero-order chi connectivity index (χ0) is 11.5. The second-order valence-corrected chi connectivity index (χ2v) is 5.23. The molecule has 2 atom stereocenters. The third-order valence-electron chi connectivity index (χ3n) is 3.40. The molecule has 0 bridgehead atoms. The van der Waals surface area contributed by atoms with Crippen molar-refractivity contribution in [3.8, 4) is 0 Å². The molecule has 2 nitrogen and oxygen atoms in total. The minimum atomic E-state index is 0.313. The summed E-state index contributed by atoms with van der Waals surface area (Å²) in [4.78, 5) is 2.41. The van der Waals surface area contributed by atoms with Crippen molar-refractivity contribution >= 4 is 11.6 Å². The largest absolute Gasteiger partial charge is 0.326 e. The first-order valence-electron chi connectivity index (χ1n) is 5.87. The van der Waals surface area contributed by atoms with E-state index in [-0.39, 0.29) is 0 Å². The van der Waals surface area contributed by atoms with Gasteiger partial charge in [0.15, 0.2) is 0 Å². The van der Waals surface area contributed by atoms with Gasteiger partial charge in [-0.1, -0.05) is 30.7 Å². The van der Waals surface area contributed by atoms with Crippen LogP contribution in [0.4, 0.5) is 0 Å². The molecule has 16 heavy (non-hydrogen) atoms. The van der Waals surface area contributed by atoms with E-state index in [0.717, 1.165) is 24.7 Å². The number of nitrogens with two attached hydrogens (primary N) is 1. The maximum absolute atomic E-state index is 6.08. The van der Waals surface area contributed by atoms with E-state index < -0.39 is 0 Å². The molecule has 2 N–H and O–H groups in total. The van der Waals surface area contributed by atoms with Gasteiger partial charge in [-0.15, -0.1) is 0 Å². The topological polar surface area (TPSA) is 29.3 Å². The predicted octanol–water partition coefficient (Wildman–Crippen LogP) is 2.51. The van der Waals surface area contributed by atoms with Crippen molar-refractivity contribution in [3.63, 3.8) is 0 Å². The molecule has 1 aromatic carbocycles. The van der Waals surface area contributed by atoms with Crippen molar-refractivity contribution < 1.29 is 0 Å². The zero-order valence-electron chi connectivity index (χ0n) is 9.70. The van der Waals surface area contributed by atoms with Crippen LogP contribution < -0.4 is 5.73 Å². The van der Waals surface area contributed by atoms with Crippen LogP contribution in [0.2, 0.25) is 5.02 Å². The lowest BCUT2D eigenvalue weighted by atomic mass is 9.94. The van der Waals surface area contributed by atoms with Crippen molar-refractivity contribution in [2.45, 2.75) is 25.9 Å². The van der Waals surface area contributed by atoms with Gasteiger partial charge < -0.3 is 5.73 Å². The van der Waals surface area contributed by atoms with E-state index in [9.17, 15) is 0 Å². The van der Waals surface area contributed by atoms with E-state index in [1.807, 2.05) is 18.2 Å². The van der Waals surface area contributed by atoms with Gasteiger partial charge in [-0.25, -0.2) is 0 Å². The number of nitrogens with zero attached hydrogens (tertiary/aromatic N) is 1. The van der Waals surface area contributed by atoms with E-state index in [1.54, 1.807) is 0 Å². The second-order valence-electron chi connectivity index (χ2n) is 4.79.